The Morgan fingerprint density at radius 1 is 1.29 bits per heavy atom. The van der Waals surface area contributed by atoms with E-state index in [4.69, 9.17) is 0 Å². The van der Waals surface area contributed by atoms with Crippen molar-refractivity contribution in [3.8, 4) is 0 Å². The van der Waals surface area contributed by atoms with Gasteiger partial charge in [0, 0.05) is 20.1 Å². The number of likely N-dealkylation sites (N-methyl/N-ethyl adjacent to an activating group) is 1. The average Bonchev–Trinajstić information content (AvgIpc) is 2.18. The lowest BCUT2D eigenvalue weighted by molar-refractivity contribution is -0.130. The largest absolute Gasteiger partial charge is 0.347 e. The Balaban J connectivity index is 2.31. The van der Waals surface area contributed by atoms with Gasteiger partial charge < -0.3 is 10.2 Å². The van der Waals surface area contributed by atoms with Gasteiger partial charge in [-0.25, -0.2) is 0 Å². The monoisotopic (exact) mass is 198 g/mol. The van der Waals surface area contributed by atoms with Gasteiger partial charge in [-0.15, -0.1) is 0 Å². The molecule has 0 aromatic carbocycles. The SMILES string of the molecule is C[C@H](NC1CCCCC1)C(=O)N(C)C. The molecule has 1 amide bonds. The zero-order valence-corrected chi connectivity index (χ0v) is 9.55. The molecule has 14 heavy (non-hydrogen) atoms. The number of amides is 1. The van der Waals surface area contributed by atoms with Crippen molar-refractivity contribution in [1.29, 1.82) is 0 Å². The van der Waals surface area contributed by atoms with Crippen molar-refractivity contribution in [2.24, 2.45) is 0 Å². The predicted octanol–water partition coefficient (Wildman–Crippen LogP) is 1.39. The maximum Gasteiger partial charge on any atom is 0.238 e. The third-order valence-electron chi connectivity index (χ3n) is 2.90. The number of nitrogens with one attached hydrogen (secondary N) is 1. The normalized spacial score (nSPS) is 20.5. The quantitative estimate of drug-likeness (QED) is 0.743. The van der Waals surface area contributed by atoms with E-state index < -0.39 is 0 Å². The molecule has 0 spiro atoms. The average molecular weight is 198 g/mol. The number of rotatable bonds is 3. The molecule has 1 aliphatic rings. The van der Waals surface area contributed by atoms with Crippen LogP contribution in [0.4, 0.5) is 0 Å². The summed E-state index contributed by atoms with van der Waals surface area (Å²) in [5.41, 5.74) is 0. The van der Waals surface area contributed by atoms with Crippen LogP contribution in [-0.4, -0.2) is 37.0 Å². The van der Waals surface area contributed by atoms with Crippen molar-refractivity contribution in [1.82, 2.24) is 10.2 Å². The molecule has 1 aliphatic carbocycles. The number of hydrogen-bond acceptors (Lipinski definition) is 2. The lowest BCUT2D eigenvalue weighted by Gasteiger charge is -2.27. The summed E-state index contributed by atoms with van der Waals surface area (Å²) in [5, 5.41) is 3.41. The Morgan fingerprint density at radius 3 is 2.36 bits per heavy atom. The first-order valence-corrected chi connectivity index (χ1v) is 5.58. The standard InChI is InChI=1S/C11H22N2O/c1-9(11(14)13(2)3)12-10-7-5-4-6-8-10/h9-10,12H,4-8H2,1-3H3/t9-/m0/s1. The molecule has 1 rings (SSSR count). The summed E-state index contributed by atoms with van der Waals surface area (Å²) in [7, 11) is 3.61. The van der Waals surface area contributed by atoms with E-state index >= 15 is 0 Å². The highest BCUT2D eigenvalue weighted by Gasteiger charge is 2.20. The van der Waals surface area contributed by atoms with Crippen LogP contribution in [0.25, 0.3) is 0 Å². The zero-order valence-electron chi connectivity index (χ0n) is 9.55. The zero-order chi connectivity index (χ0) is 10.6. The highest BCUT2D eigenvalue weighted by molar-refractivity contribution is 5.80. The van der Waals surface area contributed by atoms with Crippen LogP contribution in [0.5, 0.6) is 0 Å². The molecule has 3 heteroatoms. The van der Waals surface area contributed by atoms with Crippen molar-refractivity contribution < 1.29 is 4.79 Å². The number of carbonyl (C=O) groups is 1. The second-order valence-corrected chi connectivity index (χ2v) is 4.46. The number of carbonyl (C=O) groups excluding carboxylic acids is 1. The minimum atomic E-state index is -0.0342. The van der Waals surface area contributed by atoms with E-state index in [1.165, 1.54) is 32.1 Å². The molecule has 0 bridgehead atoms. The van der Waals surface area contributed by atoms with Gasteiger partial charge in [0.25, 0.3) is 0 Å². The van der Waals surface area contributed by atoms with Gasteiger partial charge in [-0.2, -0.15) is 0 Å². The molecule has 0 unspecified atom stereocenters. The highest BCUT2D eigenvalue weighted by atomic mass is 16.2. The second-order valence-electron chi connectivity index (χ2n) is 4.46. The molecule has 0 radical (unpaired) electrons. The van der Waals surface area contributed by atoms with Crippen molar-refractivity contribution in [3.05, 3.63) is 0 Å². The Labute approximate surface area is 86.9 Å². The molecule has 1 atom stereocenters. The predicted molar refractivity (Wildman–Crippen MR) is 58.2 cm³/mol. The fourth-order valence-electron chi connectivity index (χ4n) is 2.08. The molecule has 1 fully saturated rings. The van der Waals surface area contributed by atoms with Crippen LogP contribution in [0.1, 0.15) is 39.0 Å². The van der Waals surface area contributed by atoms with Gasteiger partial charge in [-0.1, -0.05) is 19.3 Å². The van der Waals surface area contributed by atoms with Crippen molar-refractivity contribution >= 4 is 5.91 Å². The van der Waals surface area contributed by atoms with Gasteiger partial charge in [0.2, 0.25) is 5.91 Å². The van der Waals surface area contributed by atoms with E-state index in [1.807, 2.05) is 6.92 Å². The fourth-order valence-corrected chi connectivity index (χ4v) is 2.08. The molecule has 1 saturated carbocycles. The van der Waals surface area contributed by atoms with Crippen LogP contribution in [0, 0.1) is 0 Å². The Bertz CT molecular complexity index is 186. The summed E-state index contributed by atoms with van der Waals surface area (Å²) in [5.74, 6) is 0.176. The van der Waals surface area contributed by atoms with E-state index in [0.717, 1.165) is 0 Å². The molecule has 82 valence electrons. The topological polar surface area (TPSA) is 32.3 Å². The van der Waals surface area contributed by atoms with E-state index in [2.05, 4.69) is 5.32 Å². The lowest BCUT2D eigenvalue weighted by atomic mass is 9.95. The number of hydrogen-bond donors (Lipinski definition) is 1. The fraction of sp³-hybridized carbons (Fsp3) is 0.909. The first-order valence-electron chi connectivity index (χ1n) is 5.58. The molecule has 0 aliphatic heterocycles. The van der Waals surface area contributed by atoms with Crippen LogP contribution in [0.3, 0.4) is 0 Å². The van der Waals surface area contributed by atoms with E-state index in [-0.39, 0.29) is 11.9 Å². The summed E-state index contributed by atoms with van der Waals surface area (Å²) in [4.78, 5) is 13.2. The highest BCUT2D eigenvalue weighted by Crippen LogP contribution is 2.17. The maximum atomic E-state index is 11.6. The van der Waals surface area contributed by atoms with Crippen molar-refractivity contribution in [2.45, 2.75) is 51.1 Å². The summed E-state index contributed by atoms with van der Waals surface area (Å²) in [6.45, 7) is 1.96. The van der Waals surface area contributed by atoms with E-state index in [9.17, 15) is 4.79 Å². The van der Waals surface area contributed by atoms with Crippen LogP contribution in [0.2, 0.25) is 0 Å². The molecule has 3 nitrogen and oxygen atoms in total. The summed E-state index contributed by atoms with van der Waals surface area (Å²) in [6, 6.07) is 0.524. The van der Waals surface area contributed by atoms with Gasteiger partial charge in [0.05, 0.1) is 6.04 Å². The molecular weight excluding hydrogens is 176 g/mol. The van der Waals surface area contributed by atoms with Crippen LogP contribution in [-0.2, 0) is 4.79 Å². The second kappa shape index (κ2) is 5.35. The molecule has 0 heterocycles. The molecule has 0 aromatic rings. The Kier molecular flexibility index (Phi) is 4.39. The third-order valence-corrected chi connectivity index (χ3v) is 2.90. The minimum absolute atomic E-state index is 0.0342. The maximum absolute atomic E-state index is 11.6. The van der Waals surface area contributed by atoms with Crippen molar-refractivity contribution in [2.75, 3.05) is 14.1 Å². The molecule has 0 saturated heterocycles. The first-order chi connectivity index (χ1) is 6.61. The van der Waals surface area contributed by atoms with Crippen LogP contribution >= 0.6 is 0 Å². The van der Waals surface area contributed by atoms with Gasteiger partial charge >= 0.3 is 0 Å². The minimum Gasteiger partial charge on any atom is -0.347 e. The van der Waals surface area contributed by atoms with E-state index in [1.54, 1.807) is 19.0 Å². The Hall–Kier alpha value is -0.570. The van der Waals surface area contributed by atoms with Gasteiger partial charge in [0.15, 0.2) is 0 Å². The van der Waals surface area contributed by atoms with Gasteiger partial charge in [0.1, 0.15) is 0 Å². The van der Waals surface area contributed by atoms with Crippen LogP contribution in [0.15, 0.2) is 0 Å². The lowest BCUT2D eigenvalue weighted by Crippen LogP contribution is -2.46. The Morgan fingerprint density at radius 2 is 1.86 bits per heavy atom. The number of nitrogens with zero attached hydrogens (tertiary/aromatic N) is 1. The molecular formula is C11H22N2O. The first kappa shape index (κ1) is 11.5. The molecule has 0 aromatic heterocycles. The summed E-state index contributed by atoms with van der Waals surface area (Å²) in [6.07, 6.45) is 6.42. The van der Waals surface area contributed by atoms with E-state index in [0.29, 0.717) is 6.04 Å². The van der Waals surface area contributed by atoms with Gasteiger partial charge in [-0.05, 0) is 19.8 Å². The third kappa shape index (κ3) is 3.29. The van der Waals surface area contributed by atoms with Crippen LogP contribution < -0.4 is 5.32 Å². The molecule has 1 N–H and O–H groups in total. The van der Waals surface area contributed by atoms with Gasteiger partial charge in [-0.3, -0.25) is 4.79 Å². The smallest absolute Gasteiger partial charge is 0.238 e. The summed E-state index contributed by atoms with van der Waals surface area (Å²) >= 11 is 0. The van der Waals surface area contributed by atoms with Crippen molar-refractivity contribution in [3.63, 3.8) is 0 Å². The summed E-state index contributed by atoms with van der Waals surface area (Å²) < 4.78 is 0.